The summed E-state index contributed by atoms with van der Waals surface area (Å²) in [6.45, 7) is -2.46. The molecule has 2 rings (SSSR count). The predicted octanol–water partition coefficient (Wildman–Crippen LogP) is 4.38. The first-order valence-corrected chi connectivity index (χ1v) is 7.66. The standard InChI is InChI=1S/C14H12BrF2NO2S/c1-18(7-9-5-12(15)21-8-9)13(19)10-3-2-4-11(6-10)20-14(16)17/h2-6,8,14H,7H2,1H3. The third-order valence-corrected chi connectivity index (χ3v) is 4.25. The van der Waals surface area contributed by atoms with Gasteiger partial charge in [0.1, 0.15) is 5.75 Å². The van der Waals surface area contributed by atoms with Crippen molar-refractivity contribution in [1.82, 2.24) is 4.90 Å². The normalized spacial score (nSPS) is 10.7. The van der Waals surface area contributed by atoms with Crippen molar-refractivity contribution in [3.63, 3.8) is 0 Å². The molecule has 0 spiro atoms. The summed E-state index contributed by atoms with van der Waals surface area (Å²) in [5, 5.41) is 1.95. The Morgan fingerprint density at radius 3 is 2.81 bits per heavy atom. The van der Waals surface area contributed by atoms with E-state index in [1.165, 1.54) is 34.4 Å². The van der Waals surface area contributed by atoms with Crippen molar-refractivity contribution in [3.05, 3.63) is 50.6 Å². The van der Waals surface area contributed by atoms with E-state index < -0.39 is 6.61 Å². The first-order chi connectivity index (χ1) is 9.95. The number of carbonyl (C=O) groups excluding carboxylic acids is 1. The van der Waals surface area contributed by atoms with Crippen LogP contribution >= 0.6 is 27.3 Å². The van der Waals surface area contributed by atoms with E-state index >= 15 is 0 Å². The van der Waals surface area contributed by atoms with Gasteiger partial charge in [0.25, 0.3) is 5.91 Å². The maximum atomic E-state index is 12.3. The van der Waals surface area contributed by atoms with Gasteiger partial charge >= 0.3 is 6.61 Å². The quantitative estimate of drug-likeness (QED) is 0.775. The molecule has 1 amide bonds. The van der Waals surface area contributed by atoms with Crippen molar-refractivity contribution in [2.45, 2.75) is 13.2 Å². The van der Waals surface area contributed by atoms with Gasteiger partial charge in [0.2, 0.25) is 0 Å². The van der Waals surface area contributed by atoms with Crippen molar-refractivity contribution in [2.24, 2.45) is 0 Å². The van der Waals surface area contributed by atoms with Gasteiger partial charge in [-0.25, -0.2) is 0 Å². The van der Waals surface area contributed by atoms with Gasteiger partial charge in [-0.3, -0.25) is 4.79 Å². The molecule has 0 N–H and O–H groups in total. The highest BCUT2D eigenvalue weighted by Gasteiger charge is 2.14. The smallest absolute Gasteiger partial charge is 0.387 e. The monoisotopic (exact) mass is 375 g/mol. The van der Waals surface area contributed by atoms with Crippen LogP contribution in [-0.4, -0.2) is 24.5 Å². The molecule has 1 aromatic carbocycles. The molecular weight excluding hydrogens is 364 g/mol. The number of nitrogens with zero attached hydrogens (tertiary/aromatic N) is 1. The number of halogens is 3. The average molecular weight is 376 g/mol. The fraction of sp³-hybridized carbons (Fsp3) is 0.214. The summed E-state index contributed by atoms with van der Waals surface area (Å²) in [6, 6.07) is 7.72. The summed E-state index contributed by atoms with van der Waals surface area (Å²) < 4.78 is 29.7. The Morgan fingerprint density at radius 1 is 1.43 bits per heavy atom. The Hall–Kier alpha value is -1.47. The number of amides is 1. The van der Waals surface area contributed by atoms with Gasteiger partial charge in [-0.1, -0.05) is 6.07 Å². The maximum Gasteiger partial charge on any atom is 0.387 e. The van der Waals surface area contributed by atoms with E-state index in [1.807, 2.05) is 11.4 Å². The second-order valence-corrected chi connectivity index (χ2v) is 6.62. The molecule has 0 fully saturated rings. The minimum atomic E-state index is -2.91. The highest BCUT2D eigenvalue weighted by Crippen LogP contribution is 2.22. The van der Waals surface area contributed by atoms with Crippen LogP contribution in [0.4, 0.5) is 8.78 Å². The zero-order valence-corrected chi connectivity index (χ0v) is 13.5. The Bertz CT molecular complexity index is 633. The Morgan fingerprint density at radius 2 is 2.19 bits per heavy atom. The van der Waals surface area contributed by atoms with Gasteiger partial charge in [-0.05, 0) is 51.1 Å². The van der Waals surface area contributed by atoms with Gasteiger partial charge in [0.15, 0.2) is 0 Å². The van der Waals surface area contributed by atoms with Crippen LogP contribution in [0.15, 0.2) is 39.5 Å². The Labute approximate surface area is 133 Å². The summed E-state index contributed by atoms with van der Waals surface area (Å²) >= 11 is 4.90. The molecule has 0 bridgehead atoms. The van der Waals surface area contributed by atoms with Crippen molar-refractivity contribution in [1.29, 1.82) is 0 Å². The lowest BCUT2D eigenvalue weighted by Crippen LogP contribution is -2.26. The molecule has 0 aliphatic rings. The number of ether oxygens (including phenoxy) is 1. The topological polar surface area (TPSA) is 29.5 Å². The largest absolute Gasteiger partial charge is 0.435 e. The van der Waals surface area contributed by atoms with E-state index in [4.69, 9.17) is 0 Å². The molecule has 1 heterocycles. The highest BCUT2D eigenvalue weighted by molar-refractivity contribution is 9.11. The molecular formula is C14H12BrF2NO2S. The molecule has 7 heteroatoms. The first-order valence-electron chi connectivity index (χ1n) is 5.99. The maximum absolute atomic E-state index is 12.3. The SMILES string of the molecule is CN(Cc1csc(Br)c1)C(=O)c1cccc(OC(F)F)c1. The van der Waals surface area contributed by atoms with E-state index in [0.717, 1.165) is 9.35 Å². The lowest BCUT2D eigenvalue weighted by atomic mass is 10.2. The molecule has 2 aromatic rings. The number of rotatable bonds is 5. The van der Waals surface area contributed by atoms with Gasteiger partial charge < -0.3 is 9.64 Å². The predicted molar refractivity (Wildman–Crippen MR) is 80.9 cm³/mol. The molecule has 0 unspecified atom stereocenters. The molecule has 0 saturated carbocycles. The second-order valence-electron chi connectivity index (χ2n) is 4.33. The van der Waals surface area contributed by atoms with E-state index in [9.17, 15) is 13.6 Å². The third-order valence-electron chi connectivity index (χ3n) is 2.69. The summed E-state index contributed by atoms with van der Waals surface area (Å²) in [5.74, 6) is -0.278. The fourth-order valence-corrected chi connectivity index (χ4v) is 3.00. The van der Waals surface area contributed by atoms with E-state index in [-0.39, 0.29) is 11.7 Å². The van der Waals surface area contributed by atoms with E-state index in [0.29, 0.717) is 12.1 Å². The number of carbonyl (C=O) groups is 1. The molecule has 1 aromatic heterocycles. The number of benzene rings is 1. The van der Waals surface area contributed by atoms with Gasteiger partial charge in [0, 0.05) is 19.2 Å². The first kappa shape index (κ1) is 15.9. The number of hydrogen-bond donors (Lipinski definition) is 0. The molecule has 21 heavy (non-hydrogen) atoms. The summed E-state index contributed by atoms with van der Waals surface area (Å²) in [7, 11) is 1.66. The molecule has 0 atom stereocenters. The highest BCUT2D eigenvalue weighted by atomic mass is 79.9. The Kier molecular flexibility index (Phi) is 5.30. The summed E-state index contributed by atoms with van der Waals surface area (Å²) in [5.41, 5.74) is 1.31. The van der Waals surface area contributed by atoms with Gasteiger partial charge in [-0.15, -0.1) is 11.3 Å². The van der Waals surface area contributed by atoms with Crippen molar-refractivity contribution < 1.29 is 18.3 Å². The molecule has 0 radical (unpaired) electrons. The van der Waals surface area contributed by atoms with Crippen LogP contribution in [0.2, 0.25) is 0 Å². The van der Waals surface area contributed by atoms with Crippen LogP contribution in [0, 0.1) is 0 Å². The zero-order valence-electron chi connectivity index (χ0n) is 11.1. The molecule has 0 saturated heterocycles. The van der Waals surface area contributed by atoms with Crippen LogP contribution in [-0.2, 0) is 6.54 Å². The van der Waals surface area contributed by atoms with Gasteiger partial charge in [0.05, 0.1) is 3.79 Å². The molecule has 0 aliphatic carbocycles. The van der Waals surface area contributed by atoms with E-state index in [2.05, 4.69) is 20.7 Å². The summed E-state index contributed by atoms with van der Waals surface area (Å²) in [6.07, 6.45) is 0. The molecule has 112 valence electrons. The van der Waals surface area contributed by atoms with Gasteiger partial charge in [-0.2, -0.15) is 8.78 Å². The van der Waals surface area contributed by atoms with E-state index in [1.54, 1.807) is 13.1 Å². The van der Waals surface area contributed by atoms with Crippen molar-refractivity contribution >= 4 is 33.2 Å². The molecule has 0 aliphatic heterocycles. The van der Waals surface area contributed by atoms with Crippen LogP contribution in [0.25, 0.3) is 0 Å². The minimum absolute atomic E-state index is 0.0254. The third kappa shape index (κ3) is 4.50. The lowest BCUT2D eigenvalue weighted by Gasteiger charge is -2.17. The number of hydrogen-bond acceptors (Lipinski definition) is 3. The minimum Gasteiger partial charge on any atom is -0.435 e. The lowest BCUT2D eigenvalue weighted by molar-refractivity contribution is -0.0499. The summed E-state index contributed by atoms with van der Waals surface area (Å²) in [4.78, 5) is 13.8. The average Bonchev–Trinajstić information content (AvgIpc) is 2.82. The molecule has 3 nitrogen and oxygen atoms in total. The second kappa shape index (κ2) is 7.00. The fourth-order valence-electron chi connectivity index (χ4n) is 1.80. The Balaban J connectivity index is 2.08. The number of alkyl halides is 2. The van der Waals surface area contributed by atoms with Crippen LogP contribution in [0.1, 0.15) is 15.9 Å². The number of thiophene rings is 1. The van der Waals surface area contributed by atoms with Crippen molar-refractivity contribution in [2.75, 3.05) is 7.05 Å². The van der Waals surface area contributed by atoms with Crippen LogP contribution < -0.4 is 4.74 Å². The zero-order chi connectivity index (χ0) is 15.4. The van der Waals surface area contributed by atoms with Crippen LogP contribution in [0.3, 0.4) is 0 Å². The van der Waals surface area contributed by atoms with Crippen LogP contribution in [0.5, 0.6) is 5.75 Å². The van der Waals surface area contributed by atoms with Crippen molar-refractivity contribution in [3.8, 4) is 5.75 Å².